The zero-order valence-corrected chi connectivity index (χ0v) is 13.0. The molecule has 0 saturated carbocycles. The van der Waals surface area contributed by atoms with Gasteiger partial charge in [0.1, 0.15) is 0 Å². The second-order valence-corrected chi connectivity index (χ2v) is 5.83. The maximum atomic E-state index is 4.23. The van der Waals surface area contributed by atoms with Crippen LogP contribution in [0.3, 0.4) is 0 Å². The molecule has 0 aliphatic rings. The fourth-order valence-corrected chi connectivity index (χ4v) is 3.00. The monoisotopic (exact) mass is 295 g/mol. The molecular formula is C22H17N. The van der Waals surface area contributed by atoms with E-state index in [-0.39, 0.29) is 0 Å². The smallest absolute Gasteiger partial charge is 0.0378 e. The molecule has 1 nitrogen and oxygen atoms in total. The molecule has 3 aromatic carbocycles. The lowest BCUT2D eigenvalue weighted by atomic mass is 10.00. The Hall–Kier alpha value is -2.93. The van der Waals surface area contributed by atoms with Crippen molar-refractivity contribution in [3.05, 3.63) is 89.7 Å². The van der Waals surface area contributed by atoms with E-state index in [1.165, 1.54) is 32.7 Å². The van der Waals surface area contributed by atoms with E-state index in [1.54, 1.807) is 0 Å². The molecule has 0 atom stereocenters. The Morgan fingerprint density at radius 1 is 0.696 bits per heavy atom. The van der Waals surface area contributed by atoms with Crippen LogP contribution in [0.4, 0.5) is 0 Å². The molecule has 0 spiro atoms. The van der Waals surface area contributed by atoms with Crippen LogP contribution in [0.5, 0.6) is 0 Å². The van der Waals surface area contributed by atoms with Crippen LogP contribution in [-0.4, -0.2) is 4.98 Å². The van der Waals surface area contributed by atoms with Gasteiger partial charge in [0.05, 0.1) is 0 Å². The van der Waals surface area contributed by atoms with Crippen LogP contribution < -0.4 is 0 Å². The molecule has 0 amide bonds. The van der Waals surface area contributed by atoms with Crippen molar-refractivity contribution in [1.82, 2.24) is 4.98 Å². The Labute approximate surface area is 135 Å². The summed E-state index contributed by atoms with van der Waals surface area (Å²) in [6, 6.07) is 23.7. The first kappa shape index (κ1) is 13.7. The first-order valence-electron chi connectivity index (χ1n) is 7.82. The van der Waals surface area contributed by atoms with E-state index < -0.39 is 0 Å². The van der Waals surface area contributed by atoms with Gasteiger partial charge in [-0.1, -0.05) is 60.7 Å². The van der Waals surface area contributed by atoms with E-state index in [4.69, 9.17) is 0 Å². The normalized spacial score (nSPS) is 11.5. The number of aryl methyl sites for hydroxylation is 1. The van der Waals surface area contributed by atoms with Gasteiger partial charge in [-0.2, -0.15) is 0 Å². The lowest BCUT2D eigenvalue weighted by Crippen LogP contribution is -1.81. The number of benzene rings is 3. The SMILES string of the molecule is Cc1cc(/C=C/c2ccc3c(ccc4ccccc43)c2)ccn1. The summed E-state index contributed by atoms with van der Waals surface area (Å²) in [5, 5.41) is 5.18. The van der Waals surface area contributed by atoms with Gasteiger partial charge in [0.2, 0.25) is 0 Å². The average molecular weight is 295 g/mol. The zero-order chi connectivity index (χ0) is 15.6. The van der Waals surface area contributed by atoms with Crippen LogP contribution in [0.25, 0.3) is 33.7 Å². The number of fused-ring (bicyclic) bond motifs is 3. The molecule has 0 saturated heterocycles. The molecule has 4 aromatic rings. The van der Waals surface area contributed by atoms with Crippen LogP contribution in [-0.2, 0) is 0 Å². The van der Waals surface area contributed by atoms with Crippen LogP contribution in [0, 0.1) is 6.92 Å². The maximum Gasteiger partial charge on any atom is 0.0378 e. The summed E-state index contributed by atoms with van der Waals surface area (Å²) in [5.74, 6) is 0. The largest absolute Gasteiger partial charge is 0.262 e. The minimum Gasteiger partial charge on any atom is -0.262 e. The highest BCUT2D eigenvalue weighted by molar-refractivity contribution is 6.07. The summed E-state index contributed by atoms with van der Waals surface area (Å²) >= 11 is 0. The van der Waals surface area contributed by atoms with Crippen LogP contribution >= 0.6 is 0 Å². The maximum absolute atomic E-state index is 4.23. The summed E-state index contributed by atoms with van der Waals surface area (Å²) in [6.45, 7) is 2.01. The van der Waals surface area contributed by atoms with E-state index in [0.717, 1.165) is 5.69 Å². The molecule has 0 N–H and O–H groups in total. The summed E-state index contributed by atoms with van der Waals surface area (Å²) < 4.78 is 0. The van der Waals surface area contributed by atoms with Crippen molar-refractivity contribution < 1.29 is 0 Å². The van der Waals surface area contributed by atoms with E-state index >= 15 is 0 Å². The van der Waals surface area contributed by atoms with Crippen LogP contribution in [0.2, 0.25) is 0 Å². The third kappa shape index (κ3) is 2.74. The predicted molar refractivity (Wildman–Crippen MR) is 99.4 cm³/mol. The van der Waals surface area contributed by atoms with Gasteiger partial charge in [-0.3, -0.25) is 4.98 Å². The van der Waals surface area contributed by atoms with Gasteiger partial charge in [-0.25, -0.2) is 0 Å². The van der Waals surface area contributed by atoms with Gasteiger partial charge in [0.25, 0.3) is 0 Å². The van der Waals surface area contributed by atoms with Crippen molar-refractivity contribution in [3.8, 4) is 0 Å². The molecule has 0 aliphatic heterocycles. The molecule has 23 heavy (non-hydrogen) atoms. The Kier molecular flexibility index (Phi) is 3.39. The van der Waals surface area contributed by atoms with E-state index in [2.05, 4.69) is 77.8 Å². The Balaban J connectivity index is 1.76. The second-order valence-electron chi connectivity index (χ2n) is 5.83. The number of pyridine rings is 1. The minimum atomic E-state index is 1.04. The van der Waals surface area contributed by atoms with Gasteiger partial charge in [-0.05, 0) is 57.8 Å². The Bertz CT molecular complexity index is 1030. The standard InChI is InChI=1S/C22H17N/c1-16-14-18(12-13-23-16)7-6-17-8-11-22-20(15-17)10-9-19-4-2-3-5-21(19)22/h2-15H,1H3/b7-6+. The molecule has 110 valence electrons. The first-order valence-corrected chi connectivity index (χ1v) is 7.82. The molecular weight excluding hydrogens is 278 g/mol. The van der Waals surface area contributed by atoms with E-state index in [1.807, 2.05) is 19.2 Å². The summed E-state index contributed by atoms with van der Waals surface area (Å²) in [5.41, 5.74) is 3.43. The highest BCUT2D eigenvalue weighted by Crippen LogP contribution is 2.26. The van der Waals surface area contributed by atoms with Gasteiger partial charge in [-0.15, -0.1) is 0 Å². The number of nitrogens with zero attached hydrogens (tertiary/aromatic N) is 1. The first-order chi connectivity index (χ1) is 11.3. The van der Waals surface area contributed by atoms with Crippen LogP contribution in [0.15, 0.2) is 72.9 Å². The van der Waals surface area contributed by atoms with E-state index in [9.17, 15) is 0 Å². The van der Waals surface area contributed by atoms with Gasteiger partial charge < -0.3 is 0 Å². The summed E-state index contributed by atoms with van der Waals surface area (Å²) in [4.78, 5) is 4.23. The number of hydrogen-bond acceptors (Lipinski definition) is 1. The van der Waals surface area contributed by atoms with Gasteiger partial charge >= 0.3 is 0 Å². The zero-order valence-electron chi connectivity index (χ0n) is 13.0. The third-order valence-electron chi connectivity index (χ3n) is 4.16. The summed E-state index contributed by atoms with van der Waals surface area (Å²) in [6.07, 6.45) is 6.14. The fraction of sp³-hybridized carbons (Fsp3) is 0.0455. The molecule has 0 radical (unpaired) electrons. The molecule has 4 rings (SSSR count). The Morgan fingerprint density at radius 3 is 2.30 bits per heavy atom. The number of hydrogen-bond donors (Lipinski definition) is 0. The molecule has 0 bridgehead atoms. The lowest BCUT2D eigenvalue weighted by molar-refractivity contribution is 1.20. The average Bonchev–Trinajstić information content (AvgIpc) is 2.59. The molecule has 0 unspecified atom stereocenters. The van der Waals surface area contributed by atoms with Gasteiger partial charge in [0.15, 0.2) is 0 Å². The molecule has 1 heteroatoms. The number of aromatic nitrogens is 1. The topological polar surface area (TPSA) is 12.9 Å². The molecule has 1 aromatic heterocycles. The van der Waals surface area contributed by atoms with Crippen molar-refractivity contribution in [3.63, 3.8) is 0 Å². The number of rotatable bonds is 2. The third-order valence-corrected chi connectivity index (χ3v) is 4.16. The van der Waals surface area contributed by atoms with Crippen molar-refractivity contribution in [1.29, 1.82) is 0 Å². The van der Waals surface area contributed by atoms with Crippen molar-refractivity contribution in [2.75, 3.05) is 0 Å². The fourth-order valence-electron chi connectivity index (χ4n) is 3.00. The van der Waals surface area contributed by atoms with Crippen molar-refractivity contribution in [2.24, 2.45) is 0 Å². The van der Waals surface area contributed by atoms with E-state index in [0.29, 0.717) is 0 Å². The lowest BCUT2D eigenvalue weighted by Gasteiger charge is -2.05. The minimum absolute atomic E-state index is 1.04. The predicted octanol–water partition coefficient (Wildman–Crippen LogP) is 5.87. The van der Waals surface area contributed by atoms with Crippen molar-refractivity contribution >= 4 is 33.7 Å². The van der Waals surface area contributed by atoms with Gasteiger partial charge in [0, 0.05) is 11.9 Å². The molecule has 0 fully saturated rings. The second kappa shape index (κ2) is 5.69. The highest BCUT2D eigenvalue weighted by atomic mass is 14.6. The molecule has 1 heterocycles. The Morgan fingerprint density at radius 2 is 1.43 bits per heavy atom. The molecule has 0 aliphatic carbocycles. The van der Waals surface area contributed by atoms with Crippen LogP contribution in [0.1, 0.15) is 16.8 Å². The summed E-state index contributed by atoms with van der Waals surface area (Å²) in [7, 11) is 0. The van der Waals surface area contributed by atoms with Crippen molar-refractivity contribution in [2.45, 2.75) is 6.92 Å². The quantitative estimate of drug-likeness (QED) is 0.422. The highest BCUT2D eigenvalue weighted by Gasteiger charge is 2.00.